The van der Waals surface area contributed by atoms with Crippen molar-refractivity contribution in [3.8, 4) is 0 Å². The monoisotopic (exact) mass is 779 g/mol. The molecule has 0 N–H and O–H groups in total. The smallest absolute Gasteiger partial charge is 0.306 e. The quantitative estimate of drug-likeness (QED) is 0.0349. The van der Waals surface area contributed by atoms with Crippen LogP contribution in [0, 0.1) is 17.8 Å². The third-order valence-corrected chi connectivity index (χ3v) is 10.9. The first-order chi connectivity index (χ1) is 26.6. The second-order valence-electron chi connectivity index (χ2n) is 18.2. The number of ether oxygens (including phenoxy) is 3. The van der Waals surface area contributed by atoms with Crippen LogP contribution in [0.15, 0.2) is 0 Å². The van der Waals surface area contributed by atoms with Crippen LogP contribution < -0.4 is 0 Å². The Hall–Kier alpha value is -1.59. The Morgan fingerprint density at radius 2 is 0.527 bits per heavy atom. The van der Waals surface area contributed by atoms with E-state index in [1.54, 1.807) is 0 Å². The molecule has 0 heterocycles. The zero-order valence-electron chi connectivity index (χ0n) is 37.7. The van der Waals surface area contributed by atoms with Crippen molar-refractivity contribution in [1.29, 1.82) is 0 Å². The van der Waals surface area contributed by atoms with Gasteiger partial charge in [-0.3, -0.25) is 14.4 Å². The van der Waals surface area contributed by atoms with Gasteiger partial charge in [-0.15, -0.1) is 0 Å². The first-order valence-electron chi connectivity index (χ1n) is 24.1. The van der Waals surface area contributed by atoms with Crippen molar-refractivity contribution < 1.29 is 28.6 Å². The summed E-state index contributed by atoms with van der Waals surface area (Å²) in [6.45, 7) is 13.6. The minimum Gasteiger partial charge on any atom is -0.462 e. The van der Waals surface area contributed by atoms with E-state index in [1.807, 2.05) is 0 Å². The average Bonchev–Trinajstić information content (AvgIpc) is 3.13. The highest BCUT2D eigenvalue weighted by molar-refractivity contribution is 5.71. The second kappa shape index (κ2) is 40.6. The molecule has 0 fully saturated rings. The molecule has 0 unspecified atom stereocenters. The van der Waals surface area contributed by atoms with Gasteiger partial charge in [0.25, 0.3) is 0 Å². The Balaban J connectivity index is 4.28. The Labute approximate surface area is 342 Å². The van der Waals surface area contributed by atoms with Crippen molar-refractivity contribution in [1.82, 2.24) is 0 Å². The number of unbranched alkanes of at least 4 members (excludes halogenated alkanes) is 25. The van der Waals surface area contributed by atoms with Crippen LogP contribution in [-0.2, 0) is 28.6 Å². The van der Waals surface area contributed by atoms with E-state index in [2.05, 4.69) is 41.5 Å². The lowest BCUT2D eigenvalue weighted by molar-refractivity contribution is -0.167. The molecule has 1 atom stereocenters. The summed E-state index contributed by atoms with van der Waals surface area (Å²) in [5.41, 5.74) is 0. The third kappa shape index (κ3) is 43.4. The van der Waals surface area contributed by atoms with Gasteiger partial charge in [0.05, 0.1) is 0 Å². The first kappa shape index (κ1) is 53.4. The van der Waals surface area contributed by atoms with Gasteiger partial charge in [-0.1, -0.05) is 221 Å². The van der Waals surface area contributed by atoms with E-state index >= 15 is 0 Å². The fraction of sp³-hybridized carbons (Fsp3) is 0.939. The normalized spacial score (nSPS) is 12.2. The van der Waals surface area contributed by atoms with Gasteiger partial charge < -0.3 is 14.2 Å². The average molecular weight is 779 g/mol. The van der Waals surface area contributed by atoms with Crippen LogP contribution in [0.4, 0.5) is 0 Å². The van der Waals surface area contributed by atoms with Crippen molar-refractivity contribution in [3.63, 3.8) is 0 Å². The second-order valence-corrected chi connectivity index (χ2v) is 18.2. The van der Waals surface area contributed by atoms with Crippen LogP contribution in [0.3, 0.4) is 0 Å². The minimum atomic E-state index is -0.762. The fourth-order valence-electron chi connectivity index (χ4n) is 7.23. The molecule has 0 aliphatic rings. The van der Waals surface area contributed by atoms with Gasteiger partial charge in [0.2, 0.25) is 0 Å². The molecule has 0 bridgehead atoms. The number of carbonyl (C=O) groups excluding carboxylic acids is 3. The largest absolute Gasteiger partial charge is 0.462 e. The molecule has 0 aliphatic carbocycles. The van der Waals surface area contributed by atoms with Gasteiger partial charge in [-0.25, -0.2) is 0 Å². The predicted molar refractivity (Wildman–Crippen MR) is 233 cm³/mol. The summed E-state index contributed by atoms with van der Waals surface area (Å²) in [7, 11) is 0. The highest BCUT2D eigenvalue weighted by Crippen LogP contribution is 2.17. The molecule has 0 aromatic rings. The number of esters is 3. The molecular weight excluding hydrogens is 685 g/mol. The lowest BCUT2D eigenvalue weighted by Gasteiger charge is -2.18. The Morgan fingerprint density at radius 3 is 0.782 bits per heavy atom. The summed E-state index contributed by atoms with van der Waals surface area (Å²) in [5.74, 6) is 1.54. The molecule has 55 heavy (non-hydrogen) atoms. The summed E-state index contributed by atoms with van der Waals surface area (Å²) in [6, 6.07) is 0. The molecule has 0 aromatic heterocycles. The summed E-state index contributed by atoms with van der Waals surface area (Å²) in [5, 5.41) is 0. The zero-order valence-corrected chi connectivity index (χ0v) is 37.7. The molecule has 0 saturated carbocycles. The van der Waals surface area contributed by atoms with E-state index in [4.69, 9.17) is 14.2 Å². The summed E-state index contributed by atoms with van der Waals surface area (Å²) in [4.78, 5) is 37.7. The lowest BCUT2D eigenvalue weighted by atomic mass is 10.0. The Morgan fingerprint density at radius 1 is 0.309 bits per heavy atom. The SMILES string of the molecule is CC(C)CCCCCCCCCCCCCCCCC(=O)O[C@@H](COC(=O)CCCCCCCCCCC(C)C)COC(=O)CCCCCCCCC(C)C. The Bertz CT molecular complexity index is 852. The van der Waals surface area contributed by atoms with Crippen molar-refractivity contribution >= 4 is 17.9 Å². The van der Waals surface area contributed by atoms with Crippen LogP contribution in [0.5, 0.6) is 0 Å². The van der Waals surface area contributed by atoms with Gasteiger partial charge in [-0.2, -0.15) is 0 Å². The zero-order chi connectivity index (χ0) is 40.6. The highest BCUT2D eigenvalue weighted by Gasteiger charge is 2.19. The maximum absolute atomic E-state index is 12.7. The molecule has 6 nitrogen and oxygen atoms in total. The van der Waals surface area contributed by atoms with Crippen molar-refractivity contribution in [2.24, 2.45) is 17.8 Å². The van der Waals surface area contributed by atoms with Gasteiger partial charge >= 0.3 is 17.9 Å². The Kier molecular flexibility index (Phi) is 39.4. The third-order valence-electron chi connectivity index (χ3n) is 10.9. The van der Waals surface area contributed by atoms with E-state index in [-0.39, 0.29) is 31.1 Å². The van der Waals surface area contributed by atoms with E-state index in [9.17, 15) is 14.4 Å². The number of hydrogen-bond acceptors (Lipinski definition) is 6. The summed E-state index contributed by atoms with van der Waals surface area (Å²) >= 11 is 0. The van der Waals surface area contributed by atoms with E-state index in [1.165, 1.54) is 141 Å². The number of carbonyl (C=O) groups is 3. The predicted octanol–water partition coefficient (Wildman–Crippen LogP) is 15.2. The molecular formula is C49H94O6. The van der Waals surface area contributed by atoms with Crippen LogP contribution in [-0.4, -0.2) is 37.2 Å². The maximum atomic E-state index is 12.7. The summed E-state index contributed by atoms with van der Waals surface area (Å²) < 4.78 is 16.7. The summed E-state index contributed by atoms with van der Waals surface area (Å²) in [6.07, 6.45) is 38.2. The fourth-order valence-corrected chi connectivity index (χ4v) is 7.23. The highest BCUT2D eigenvalue weighted by atomic mass is 16.6. The number of hydrogen-bond donors (Lipinski definition) is 0. The van der Waals surface area contributed by atoms with E-state index < -0.39 is 6.10 Å². The molecule has 0 saturated heterocycles. The van der Waals surface area contributed by atoms with Crippen LogP contribution >= 0.6 is 0 Å². The standard InChI is InChI=1S/C49H94O6/c1-43(2)35-29-23-17-13-11-9-7-8-10-12-14-20-28-34-40-49(52)55-46(42-54-48(51)39-33-27-22-21-25-31-37-45(5)6)41-53-47(50)38-32-26-19-16-15-18-24-30-36-44(3)4/h43-46H,7-42H2,1-6H3/t46-/m0/s1. The first-order valence-corrected chi connectivity index (χ1v) is 24.1. The van der Waals surface area contributed by atoms with Crippen molar-refractivity contribution in [2.45, 2.75) is 266 Å². The maximum Gasteiger partial charge on any atom is 0.306 e. The number of rotatable bonds is 42. The topological polar surface area (TPSA) is 78.9 Å². The molecule has 0 aromatic carbocycles. The molecule has 6 heteroatoms. The van der Waals surface area contributed by atoms with Crippen LogP contribution in [0.2, 0.25) is 0 Å². The van der Waals surface area contributed by atoms with Gasteiger partial charge in [0.15, 0.2) is 6.10 Å². The molecule has 326 valence electrons. The lowest BCUT2D eigenvalue weighted by Crippen LogP contribution is -2.30. The van der Waals surface area contributed by atoms with Crippen molar-refractivity contribution in [2.75, 3.05) is 13.2 Å². The van der Waals surface area contributed by atoms with Crippen LogP contribution in [0.25, 0.3) is 0 Å². The van der Waals surface area contributed by atoms with Crippen molar-refractivity contribution in [3.05, 3.63) is 0 Å². The molecule has 0 amide bonds. The molecule has 0 spiro atoms. The van der Waals surface area contributed by atoms with E-state index in [0.717, 1.165) is 75.5 Å². The molecule has 0 radical (unpaired) electrons. The molecule has 0 aliphatic heterocycles. The molecule has 0 rings (SSSR count). The van der Waals surface area contributed by atoms with Gasteiger partial charge in [-0.05, 0) is 37.0 Å². The minimum absolute atomic E-state index is 0.0666. The van der Waals surface area contributed by atoms with Crippen LogP contribution in [0.1, 0.15) is 260 Å². The van der Waals surface area contributed by atoms with Gasteiger partial charge in [0.1, 0.15) is 13.2 Å². The van der Waals surface area contributed by atoms with Gasteiger partial charge in [0, 0.05) is 19.3 Å². The van der Waals surface area contributed by atoms with E-state index in [0.29, 0.717) is 19.3 Å².